The van der Waals surface area contributed by atoms with Crippen LogP contribution in [0.2, 0.25) is 0 Å². The molecule has 0 bridgehead atoms. The third kappa shape index (κ3) is 4.27. The van der Waals surface area contributed by atoms with E-state index in [0.29, 0.717) is 5.56 Å². The molecule has 0 aliphatic carbocycles. The Hall–Kier alpha value is -3.25. The first-order valence-corrected chi connectivity index (χ1v) is 8.21. The van der Waals surface area contributed by atoms with E-state index in [9.17, 15) is 22.4 Å². The highest BCUT2D eigenvalue weighted by molar-refractivity contribution is 5.97. The molecule has 0 atom stereocenters. The van der Waals surface area contributed by atoms with Gasteiger partial charge in [0.1, 0.15) is 18.0 Å². The fraction of sp³-hybridized carbons (Fsp3) is 0.235. The first-order valence-electron chi connectivity index (χ1n) is 8.21. The maximum atomic E-state index is 14.3. The number of anilines is 2. The van der Waals surface area contributed by atoms with E-state index >= 15 is 0 Å². The number of hydroxylamine groups is 1. The van der Waals surface area contributed by atoms with Gasteiger partial charge in [-0.15, -0.1) is 0 Å². The molecule has 1 amide bonds. The summed E-state index contributed by atoms with van der Waals surface area (Å²) in [5.74, 6) is -2.06. The Bertz CT molecular complexity index is 1050. The number of nitrogens with zero attached hydrogens (tertiary/aromatic N) is 3. The van der Waals surface area contributed by atoms with E-state index < -0.39 is 41.4 Å². The average molecular weight is 413 g/mol. The Morgan fingerprint density at radius 3 is 2.76 bits per heavy atom. The van der Waals surface area contributed by atoms with Gasteiger partial charge in [-0.2, -0.15) is 13.2 Å². The van der Waals surface area contributed by atoms with Gasteiger partial charge in [0, 0.05) is 0 Å². The first kappa shape index (κ1) is 20.5. The van der Waals surface area contributed by atoms with Crippen molar-refractivity contribution in [2.75, 3.05) is 18.5 Å². The SMILES string of the molecule is Cc1ccc(Nc2c(C(=O)NOCCO)nc(C(F)(F)F)c3cncn23)c(F)c1. The van der Waals surface area contributed by atoms with Crippen LogP contribution in [0.1, 0.15) is 21.7 Å². The molecule has 8 nitrogen and oxygen atoms in total. The molecule has 3 aromatic rings. The summed E-state index contributed by atoms with van der Waals surface area (Å²) in [4.78, 5) is 24.2. The van der Waals surface area contributed by atoms with Crippen LogP contribution in [0.5, 0.6) is 0 Å². The molecule has 12 heteroatoms. The largest absolute Gasteiger partial charge is 0.435 e. The maximum absolute atomic E-state index is 14.3. The normalized spacial score (nSPS) is 11.7. The van der Waals surface area contributed by atoms with E-state index in [-0.39, 0.29) is 18.1 Å². The van der Waals surface area contributed by atoms with E-state index in [1.807, 2.05) is 5.48 Å². The zero-order valence-electron chi connectivity index (χ0n) is 14.9. The maximum Gasteiger partial charge on any atom is 0.435 e. The van der Waals surface area contributed by atoms with Crippen LogP contribution in [0.4, 0.5) is 29.1 Å². The van der Waals surface area contributed by atoms with Crippen molar-refractivity contribution < 1.29 is 32.3 Å². The smallest absolute Gasteiger partial charge is 0.394 e. The van der Waals surface area contributed by atoms with Crippen molar-refractivity contribution >= 4 is 22.9 Å². The van der Waals surface area contributed by atoms with Gasteiger partial charge in [-0.25, -0.2) is 19.8 Å². The van der Waals surface area contributed by atoms with Gasteiger partial charge < -0.3 is 10.4 Å². The summed E-state index contributed by atoms with van der Waals surface area (Å²) in [6, 6.07) is 4.17. The molecule has 0 unspecified atom stereocenters. The van der Waals surface area contributed by atoms with Crippen LogP contribution in [-0.2, 0) is 11.0 Å². The molecule has 1 aromatic carbocycles. The second kappa shape index (κ2) is 8.01. The van der Waals surface area contributed by atoms with Gasteiger partial charge in [-0.3, -0.25) is 14.0 Å². The number of fused-ring (bicyclic) bond motifs is 1. The number of benzene rings is 1. The molecule has 0 saturated carbocycles. The molecule has 3 N–H and O–H groups in total. The zero-order valence-corrected chi connectivity index (χ0v) is 14.9. The Morgan fingerprint density at radius 1 is 1.34 bits per heavy atom. The van der Waals surface area contributed by atoms with Crippen molar-refractivity contribution in [3.8, 4) is 0 Å². The number of aliphatic hydroxyl groups is 1. The number of amides is 1. The third-order valence-electron chi connectivity index (χ3n) is 3.79. The molecule has 29 heavy (non-hydrogen) atoms. The standard InChI is InChI=1S/C17H15F4N5O3/c1-9-2-3-11(10(18)6-9)23-15-13(16(28)25-29-5-4-27)24-14(17(19,20)21)12-7-22-8-26(12)15/h2-3,6-8,23,27H,4-5H2,1H3,(H,25,28). The predicted octanol–water partition coefficient (Wildman–Crippen LogP) is 2.59. The summed E-state index contributed by atoms with van der Waals surface area (Å²) in [6.07, 6.45) is -2.92. The fourth-order valence-electron chi connectivity index (χ4n) is 2.53. The number of carbonyl (C=O) groups is 1. The van der Waals surface area contributed by atoms with Crippen molar-refractivity contribution in [3.05, 3.63) is 53.5 Å². The molecule has 0 saturated heterocycles. The van der Waals surface area contributed by atoms with E-state index in [0.717, 1.165) is 16.9 Å². The number of rotatable bonds is 6. The van der Waals surface area contributed by atoms with Crippen LogP contribution < -0.4 is 10.8 Å². The Labute approximate surface area is 161 Å². The minimum atomic E-state index is -4.88. The van der Waals surface area contributed by atoms with E-state index in [1.165, 1.54) is 12.1 Å². The number of aliphatic hydroxyl groups excluding tert-OH is 1. The fourth-order valence-corrected chi connectivity index (χ4v) is 2.53. The summed E-state index contributed by atoms with van der Waals surface area (Å²) in [6.45, 7) is 0.945. The number of hydrogen-bond acceptors (Lipinski definition) is 6. The number of carbonyl (C=O) groups excluding carboxylic acids is 1. The molecule has 2 aromatic heterocycles. The molecule has 3 rings (SSSR count). The van der Waals surface area contributed by atoms with Crippen molar-refractivity contribution in [1.29, 1.82) is 0 Å². The van der Waals surface area contributed by atoms with Gasteiger partial charge in [0.25, 0.3) is 5.91 Å². The van der Waals surface area contributed by atoms with Crippen LogP contribution in [0, 0.1) is 12.7 Å². The lowest BCUT2D eigenvalue weighted by molar-refractivity contribution is -0.140. The molecular weight excluding hydrogens is 398 g/mol. The van der Waals surface area contributed by atoms with Crippen LogP contribution >= 0.6 is 0 Å². The quantitative estimate of drug-likeness (QED) is 0.326. The lowest BCUT2D eigenvalue weighted by Crippen LogP contribution is -2.29. The minimum absolute atomic E-state index is 0.0857. The van der Waals surface area contributed by atoms with Gasteiger partial charge >= 0.3 is 6.18 Å². The van der Waals surface area contributed by atoms with Gasteiger partial charge in [-0.05, 0) is 24.6 Å². The topological polar surface area (TPSA) is 101 Å². The molecular formula is C17H15F4N5O3. The summed E-state index contributed by atoms with van der Waals surface area (Å²) >= 11 is 0. The van der Waals surface area contributed by atoms with Crippen LogP contribution in [0.15, 0.2) is 30.7 Å². The predicted molar refractivity (Wildman–Crippen MR) is 92.9 cm³/mol. The van der Waals surface area contributed by atoms with Gasteiger partial charge in [0.05, 0.1) is 30.6 Å². The summed E-state index contributed by atoms with van der Waals surface area (Å²) in [5, 5.41) is 11.3. The molecule has 0 aliphatic heterocycles. The van der Waals surface area contributed by atoms with Crippen LogP contribution in [0.3, 0.4) is 0 Å². The molecule has 2 heterocycles. The van der Waals surface area contributed by atoms with E-state index in [4.69, 9.17) is 5.11 Å². The molecule has 0 fully saturated rings. The second-order valence-electron chi connectivity index (χ2n) is 5.92. The zero-order chi connectivity index (χ0) is 21.2. The number of halogens is 4. The first-order chi connectivity index (χ1) is 13.7. The number of aryl methyl sites for hydroxylation is 1. The highest BCUT2D eigenvalue weighted by Crippen LogP contribution is 2.34. The summed E-state index contributed by atoms with van der Waals surface area (Å²) < 4.78 is 55.5. The van der Waals surface area contributed by atoms with Gasteiger partial charge in [0.2, 0.25) is 0 Å². The van der Waals surface area contributed by atoms with Gasteiger partial charge in [-0.1, -0.05) is 6.07 Å². The molecule has 154 valence electrons. The van der Waals surface area contributed by atoms with E-state index in [1.54, 1.807) is 13.0 Å². The summed E-state index contributed by atoms with van der Waals surface area (Å²) in [7, 11) is 0. The number of alkyl halides is 3. The van der Waals surface area contributed by atoms with Gasteiger partial charge in [0.15, 0.2) is 11.4 Å². The minimum Gasteiger partial charge on any atom is -0.394 e. The monoisotopic (exact) mass is 413 g/mol. The second-order valence-corrected chi connectivity index (χ2v) is 5.92. The number of hydrogen-bond donors (Lipinski definition) is 3. The molecule has 0 aliphatic rings. The van der Waals surface area contributed by atoms with Crippen molar-refractivity contribution in [3.63, 3.8) is 0 Å². The lowest BCUT2D eigenvalue weighted by Gasteiger charge is -2.17. The van der Waals surface area contributed by atoms with Crippen LogP contribution in [-0.4, -0.2) is 38.6 Å². The third-order valence-corrected chi connectivity index (χ3v) is 3.79. The molecule has 0 radical (unpaired) electrons. The van der Waals surface area contributed by atoms with Crippen molar-refractivity contribution in [1.82, 2.24) is 19.8 Å². The lowest BCUT2D eigenvalue weighted by atomic mass is 10.2. The Balaban J connectivity index is 2.16. The summed E-state index contributed by atoms with van der Waals surface area (Å²) in [5.41, 5.74) is -0.0577. The Kier molecular flexibility index (Phi) is 5.66. The number of nitrogens with one attached hydrogen (secondary N) is 2. The Morgan fingerprint density at radius 2 is 2.10 bits per heavy atom. The van der Waals surface area contributed by atoms with Crippen molar-refractivity contribution in [2.24, 2.45) is 0 Å². The highest BCUT2D eigenvalue weighted by Gasteiger charge is 2.37. The highest BCUT2D eigenvalue weighted by atomic mass is 19.4. The van der Waals surface area contributed by atoms with Crippen LogP contribution in [0.25, 0.3) is 5.52 Å². The average Bonchev–Trinajstić information content (AvgIpc) is 3.12. The number of imidazole rings is 1. The van der Waals surface area contributed by atoms with E-state index in [2.05, 4.69) is 20.1 Å². The number of aromatic nitrogens is 3. The van der Waals surface area contributed by atoms with Crippen molar-refractivity contribution in [2.45, 2.75) is 13.1 Å². The molecule has 0 spiro atoms.